The Labute approximate surface area is 165 Å². The number of aromatic nitrogens is 1. The average Bonchev–Trinajstić information content (AvgIpc) is 2.70. The molecule has 0 saturated heterocycles. The number of benzene rings is 2. The first kappa shape index (κ1) is 19.6. The van der Waals surface area contributed by atoms with Gasteiger partial charge in [-0.15, -0.1) is 0 Å². The van der Waals surface area contributed by atoms with Gasteiger partial charge in [0.05, 0.1) is 12.1 Å². The SMILES string of the molecule is CC(C)(N)C(=O)Nc1ccc(OCCc2ccc(-c3ccncc3)cc2)cc1. The molecule has 2 aromatic carbocycles. The van der Waals surface area contributed by atoms with Gasteiger partial charge in [0.15, 0.2) is 0 Å². The number of amides is 1. The second-order valence-corrected chi connectivity index (χ2v) is 7.23. The highest BCUT2D eigenvalue weighted by molar-refractivity contribution is 5.97. The Morgan fingerprint density at radius 1 is 0.964 bits per heavy atom. The molecule has 5 heteroatoms. The van der Waals surface area contributed by atoms with Crippen molar-refractivity contribution >= 4 is 11.6 Å². The van der Waals surface area contributed by atoms with Crippen molar-refractivity contribution in [3.8, 4) is 16.9 Å². The van der Waals surface area contributed by atoms with Gasteiger partial charge in [0.25, 0.3) is 0 Å². The lowest BCUT2D eigenvalue weighted by molar-refractivity contribution is -0.120. The monoisotopic (exact) mass is 375 g/mol. The largest absolute Gasteiger partial charge is 0.493 e. The van der Waals surface area contributed by atoms with Gasteiger partial charge in [-0.25, -0.2) is 0 Å². The minimum Gasteiger partial charge on any atom is -0.493 e. The molecule has 0 spiro atoms. The summed E-state index contributed by atoms with van der Waals surface area (Å²) < 4.78 is 5.81. The van der Waals surface area contributed by atoms with Gasteiger partial charge in [0, 0.05) is 24.5 Å². The summed E-state index contributed by atoms with van der Waals surface area (Å²) in [7, 11) is 0. The highest BCUT2D eigenvalue weighted by Gasteiger charge is 2.21. The zero-order valence-corrected chi connectivity index (χ0v) is 16.2. The molecule has 1 heterocycles. The molecule has 28 heavy (non-hydrogen) atoms. The number of ether oxygens (including phenoxy) is 1. The van der Waals surface area contributed by atoms with Gasteiger partial charge in [-0.3, -0.25) is 9.78 Å². The number of nitrogens with two attached hydrogens (primary N) is 1. The lowest BCUT2D eigenvalue weighted by Gasteiger charge is -2.17. The summed E-state index contributed by atoms with van der Waals surface area (Å²) in [5, 5.41) is 2.79. The Morgan fingerprint density at radius 2 is 1.57 bits per heavy atom. The molecule has 0 aliphatic carbocycles. The molecule has 5 nitrogen and oxygen atoms in total. The molecule has 0 aliphatic rings. The van der Waals surface area contributed by atoms with Crippen molar-refractivity contribution in [3.05, 3.63) is 78.6 Å². The average molecular weight is 375 g/mol. The zero-order valence-electron chi connectivity index (χ0n) is 16.2. The van der Waals surface area contributed by atoms with Crippen molar-refractivity contribution in [3.63, 3.8) is 0 Å². The van der Waals surface area contributed by atoms with Crippen LogP contribution in [0.2, 0.25) is 0 Å². The molecular formula is C23H25N3O2. The van der Waals surface area contributed by atoms with Crippen molar-refractivity contribution in [2.75, 3.05) is 11.9 Å². The van der Waals surface area contributed by atoms with Crippen LogP contribution in [0.15, 0.2) is 73.1 Å². The predicted octanol–water partition coefficient (Wildman–Crippen LogP) is 4.05. The zero-order chi connectivity index (χ0) is 20.0. The first-order valence-electron chi connectivity index (χ1n) is 9.24. The van der Waals surface area contributed by atoms with Crippen LogP contribution in [0.4, 0.5) is 5.69 Å². The molecule has 3 rings (SSSR count). The molecule has 1 amide bonds. The van der Waals surface area contributed by atoms with Gasteiger partial charge in [-0.1, -0.05) is 24.3 Å². The van der Waals surface area contributed by atoms with E-state index in [1.165, 1.54) is 11.1 Å². The molecule has 3 aromatic rings. The van der Waals surface area contributed by atoms with E-state index in [0.29, 0.717) is 12.3 Å². The van der Waals surface area contributed by atoms with E-state index in [1.807, 2.05) is 36.4 Å². The highest BCUT2D eigenvalue weighted by atomic mass is 16.5. The third-order valence-corrected chi connectivity index (χ3v) is 4.32. The quantitative estimate of drug-likeness (QED) is 0.653. The highest BCUT2D eigenvalue weighted by Crippen LogP contribution is 2.20. The fourth-order valence-electron chi connectivity index (χ4n) is 2.62. The molecule has 144 valence electrons. The van der Waals surface area contributed by atoms with E-state index >= 15 is 0 Å². The Hall–Kier alpha value is -3.18. The summed E-state index contributed by atoms with van der Waals surface area (Å²) in [5.74, 6) is 0.537. The molecule has 0 fully saturated rings. The van der Waals surface area contributed by atoms with Crippen LogP contribution >= 0.6 is 0 Å². The third kappa shape index (κ3) is 5.41. The minimum atomic E-state index is -0.915. The summed E-state index contributed by atoms with van der Waals surface area (Å²) in [6.07, 6.45) is 4.41. The first-order valence-corrected chi connectivity index (χ1v) is 9.24. The maximum absolute atomic E-state index is 11.9. The van der Waals surface area contributed by atoms with E-state index in [0.717, 1.165) is 17.7 Å². The van der Waals surface area contributed by atoms with Crippen LogP contribution in [-0.2, 0) is 11.2 Å². The fourth-order valence-corrected chi connectivity index (χ4v) is 2.62. The van der Waals surface area contributed by atoms with E-state index in [4.69, 9.17) is 10.5 Å². The third-order valence-electron chi connectivity index (χ3n) is 4.32. The minimum absolute atomic E-state index is 0.226. The van der Waals surface area contributed by atoms with Crippen LogP contribution in [0.25, 0.3) is 11.1 Å². The summed E-state index contributed by atoms with van der Waals surface area (Å²) in [5.41, 5.74) is 9.10. The standard InChI is InChI=1S/C23H25N3O2/c1-23(2,24)22(27)26-20-7-9-21(10-8-20)28-16-13-17-3-5-18(6-4-17)19-11-14-25-15-12-19/h3-12,14-15H,13,16,24H2,1-2H3,(H,26,27). The molecule has 1 aromatic heterocycles. The second kappa shape index (κ2) is 8.67. The van der Waals surface area contributed by atoms with Crippen LogP contribution < -0.4 is 15.8 Å². The molecule has 0 bridgehead atoms. The molecule has 3 N–H and O–H groups in total. The summed E-state index contributed by atoms with van der Waals surface area (Å²) >= 11 is 0. The number of carbonyl (C=O) groups excluding carboxylic acids is 1. The first-order chi connectivity index (χ1) is 13.4. The summed E-state index contributed by atoms with van der Waals surface area (Å²) in [6, 6.07) is 19.8. The molecule has 0 aliphatic heterocycles. The van der Waals surface area contributed by atoms with Crippen LogP contribution in [0, 0.1) is 0 Å². The van der Waals surface area contributed by atoms with Crippen molar-refractivity contribution < 1.29 is 9.53 Å². The number of rotatable bonds is 7. The van der Waals surface area contributed by atoms with E-state index in [1.54, 1.807) is 26.2 Å². The molecule has 0 radical (unpaired) electrons. The van der Waals surface area contributed by atoms with Crippen LogP contribution in [0.3, 0.4) is 0 Å². The van der Waals surface area contributed by atoms with Gasteiger partial charge < -0.3 is 15.8 Å². The normalized spacial score (nSPS) is 11.1. The fraction of sp³-hybridized carbons (Fsp3) is 0.217. The van der Waals surface area contributed by atoms with Crippen molar-refractivity contribution in [1.29, 1.82) is 0 Å². The molecule has 0 atom stereocenters. The van der Waals surface area contributed by atoms with Crippen molar-refractivity contribution in [2.45, 2.75) is 25.8 Å². The van der Waals surface area contributed by atoms with E-state index in [-0.39, 0.29) is 5.91 Å². The Bertz CT molecular complexity index is 899. The van der Waals surface area contributed by atoms with E-state index in [2.05, 4.69) is 34.6 Å². The number of nitrogens with zero attached hydrogens (tertiary/aromatic N) is 1. The lowest BCUT2D eigenvalue weighted by Crippen LogP contribution is -2.45. The summed E-state index contributed by atoms with van der Waals surface area (Å²) in [6.45, 7) is 3.92. The van der Waals surface area contributed by atoms with Gasteiger partial charge in [-0.05, 0) is 66.9 Å². The van der Waals surface area contributed by atoms with Gasteiger partial charge in [-0.2, -0.15) is 0 Å². The maximum Gasteiger partial charge on any atom is 0.243 e. The Morgan fingerprint density at radius 3 is 2.18 bits per heavy atom. The predicted molar refractivity (Wildman–Crippen MR) is 112 cm³/mol. The van der Waals surface area contributed by atoms with Gasteiger partial charge >= 0.3 is 0 Å². The van der Waals surface area contributed by atoms with Crippen molar-refractivity contribution in [1.82, 2.24) is 4.98 Å². The number of hydrogen-bond donors (Lipinski definition) is 2. The Balaban J connectivity index is 1.49. The second-order valence-electron chi connectivity index (χ2n) is 7.23. The number of carbonyl (C=O) groups is 1. The van der Waals surface area contributed by atoms with Crippen LogP contribution in [0.5, 0.6) is 5.75 Å². The lowest BCUT2D eigenvalue weighted by atomic mass is 10.0. The molecule has 0 unspecified atom stereocenters. The van der Waals surface area contributed by atoms with Gasteiger partial charge in [0.1, 0.15) is 5.75 Å². The van der Waals surface area contributed by atoms with Crippen LogP contribution in [0.1, 0.15) is 19.4 Å². The Kier molecular flexibility index (Phi) is 6.06. The maximum atomic E-state index is 11.9. The van der Waals surface area contributed by atoms with E-state index < -0.39 is 5.54 Å². The van der Waals surface area contributed by atoms with Gasteiger partial charge in [0.2, 0.25) is 5.91 Å². The molecular weight excluding hydrogens is 350 g/mol. The number of nitrogens with one attached hydrogen (secondary N) is 1. The smallest absolute Gasteiger partial charge is 0.243 e. The number of hydrogen-bond acceptors (Lipinski definition) is 4. The topological polar surface area (TPSA) is 77.2 Å². The van der Waals surface area contributed by atoms with Crippen molar-refractivity contribution in [2.24, 2.45) is 5.73 Å². The van der Waals surface area contributed by atoms with E-state index in [9.17, 15) is 4.79 Å². The molecule has 0 saturated carbocycles. The van der Waals surface area contributed by atoms with Crippen LogP contribution in [-0.4, -0.2) is 23.0 Å². The summed E-state index contributed by atoms with van der Waals surface area (Å²) in [4.78, 5) is 15.9. The number of anilines is 1. The number of pyridine rings is 1.